The molecule has 2 aromatic carbocycles. The fourth-order valence-corrected chi connectivity index (χ4v) is 4.94. The number of rotatable bonds is 6. The first-order valence-electron chi connectivity index (χ1n) is 11.2. The van der Waals surface area contributed by atoms with Gasteiger partial charge in [-0.2, -0.15) is 0 Å². The van der Waals surface area contributed by atoms with Crippen LogP contribution in [0.15, 0.2) is 48.5 Å². The molecule has 0 bridgehead atoms. The van der Waals surface area contributed by atoms with Crippen molar-refractivity contribution in [2.75, 3.05) is 24.6 Å². The lowest BCUT2D eigenvalue weighted by Gasteiger charge is -2.42. The van der Waals surface area contributed by atoms with Gasteiger partial charge in [0, 0.05) is 19.3 Å². The zero-order valence-corrected chi connectivity index (χ0v) is 20.0. The maximum atomic E-state index is 13.2. The second-order valence-electron chi connectivity index (χ2n) is 8.72. The molecule has 2 amide bonds. The maximum absolute atomic E-state index is 13.2. The fourth-order valence-electron chi connectivity index (χ4n) is 4.38. The van der Waals surface area contributed by atoms with Crippen LogP contribution in [0.1, 0.15) is 35.2 Å². The first-order valence-corrected chi connectivity index (χ1v) is 13.1. The molecule has 182 valence electrons. The summed E-state index contributed by atoms with van der Waals surface area (Å²) in [6.45, 7) is 0.683. The van der Waals surface area contributed by atoms with Gasteiger partial charge < -0.3 is 19.7 Å². The van der Waals surface area contributed by atoms with Gasteiger partial charge in [-0.1, -0.05) is 30.3 Å². The van der Waals surface area contributed by atoms with Crippen molar-refractivity contribution in [2.45, 2.75) is 44.1 Å². The van der Waals surface area contributed by atoms with Crippen molar-refractivity contribution < 1.29 is 27.5 Å². The van der Waals surface area contributed by atoms with Crippen LogP contribution in [-0.2, 0) is 26.1 Å². The zero-order valence-electron chi connectivity index (χ0n) is 19.2. The topological polar surface area (TPSA) is 114 Å². The van der Waals surface area contributed by atoms with E-state index in [0.29, 0.717) is 30.8 Å². The Bertz CT molecular complexity index is 1150. The van der Waals surface area contributed by atoms with Crippen molar-refractivity contribution in [3.63, 3.8) is 0 Å². The molecule has 4 rings (SSSR count). The minimum atomic E-state index is -3.47. The number of carbonyl (C=O) groups is 2. The fraction of sp³-hybridized carbons (Fsp3) is 0.417. The highest BCUT2D eigenvalue weighted by molar-refractivity contribution is 7.92. The highest BCUT2D eigenvalue weighted by Crippen LogP contribution is 2.32. The molecule has 0 unspecified atom stereocenters. The van der Waals surface area contributed by atoms with E-state index in [1.165, 1.54) is 6.07 Å². The van der Waals surface area contributed by atoms with Gasteiger partial charge in [-0.25, -0.2) is 8.42 Å². The first kappa shape index (κ1) is 24.0. The van der Waals surface area contributed by atoms with Gasteiger partial charge in [-0.3, -0.25) is 14.3 Å². The number of hydrogen-bond acceptors (Lipinski definition) is 6. The Balaban J connectivity index is 1.40. The molecule has 0 aliphatic carbocycles. The first-order chi connectivity index (χ1) is 16.2. The van der Waals surface area contributed by atoms with Crippen LogP contribution < -0.4 is 14.8 Å². The summed E-state index contributed by atoms with van der Waals surface area (Å²) in [5.74, 6) is 0.00457. The molecule has 2 aromatic rings. The number of carbonyl (C=O) groups excluding carboxylic acids is 2. The normalized spacial score (nSPS) is 22.5. The monoisotopic (exact) mass is 487 g/mol. The van der Waals surface area contributed by atoms with E-state index in [1.807, 2.05) is 30.3 Å². The predicted molar refractivity (Wildman–Crippen MR) is 127 cm³/mol. The molecule has 3 atom stereocenters. The van der Waals surface area contributed by atoms with Gasteiger partial charge in [0.15, 0.2) is 0 Å². The van der Waals surface area contributed by atoms with Gasteiger partial charge in [0.25, 0.3) is 5.91 Å². The Morgan fingerprint density at radius 1 is 1.15 bits per heavy atom. The smallest absolute Gasteiger partial charge is 0.257 e. The molecule has 2 N–H and O–H groups in total. The number of likely N-dealkylation sites (N-methyl/N-ethyl adjacent to an activating group) is 1. The van der Waals surface area contributed by atoms with Crippen molar-refractivity contribution in [1.29, 1.82) is 0 Å². The standard InChI is InChI=1S/C24H29N3O6S/c1-27-20-10-9-18(13-23(28)25-14-16-6-4-3-5-7-16)33-22(20)15-32-21-11-8-17(26-34(2,30)31)12-19(21)24(27)29/h3-8,11-12,18,20,22,26H,9-10,13-15H2,1-2H3,(H,25,28)/t18-,20+,22-/m0/s1. The van der Waals surface area contributed by atoms with Crippen molar-refractivity contribution in [3.8, 4) is 5.75 Å². The summed E-state index contributed by atoms with van der Waals surface area (Å²) in [6, 6.07) is 14.1. The lowest BCUT2D eigenvalue weighted by molar-refractivity contribution is -0.134. The maximum Gasteiger partial charge on any atom is 0.257 e. The van der Waals surface area contributed by atoms with Crippen LogP contribution in [0.25, 0.3) is 0 Å². The number of fused-ring (bicyclic) bond motifs is 2. The van der Waals surface area contributed by atoms with Crippen LogP contribution in [0.4, 0.5) is 5.69 Å². The van der Waals surface area contributed by atoms with Crippen LogP contribution in [-0.4, -0.2) is 63.3 Å². The van der Waals surface area contributed by atoms with E-state index in [2.05, 4.69) is 10.0 Å². The lowest BCUT2D eigenvalue weighted by atomic mass is 9.94. The number of ether oxygens (including phenoxy) is 2. The Morgan fingerprint density at radius 2 is 1.91 bits per heavy atom. The van der Waals surface area contributed by atoms with Crippen molar-refractivity contribution in [2.24, 2.45) is 0 Å². The van der Waals surface area contributed by atoms with E-state index in [0.717, 1.165) is 11.8 Å². The molecular formula is C24H29N3O6S. The van der Waals surface area contributed by atoms with Crippen LogP contribution in [0.5, 0.6) is 5.75 Å². The molecule has 0 radical (unpaired) electrons. The quantitative estimate of drug-likeness (QED) is 0.645. The average Bonchev–Trinajstić information content (AvgIpc) is 2.80. The molecule has 34 heavy (non-hydrogen) atoms. The molecule has 2 aliphatic rings. The van der Waals surface area contributed by atoms with Crippen molar-refractivity contribution in [3.05, 3.63) is 59.7 Å². The molecule has 1 fully saturated rings. The van der Waals surface area contributed by atoms with E-state index < -0.39 is 10.0 Å². The number of anilines is 1. The highest BCUT2D eigenvalue weighted by Gasteiger charge is 2.39. The molecular weight excluding hydrogens is 458 g/mol. The summed E-state index contributed by atoms with van der Waals surface area (Å²) in [5.41, 5.74) is 1.62. The van der Waals surface area contributed by atoms with E-state index in [9.17, 15) is 18.0 Å². The van der Waals surface area contributed by atoms with Gasteiger partial charge in [0.1, 0.15) is 18.5 Å². The second-order valence-corrected chi connectivity index (χ2v) is 10.5. The molecule has 2 aliphatic heterocycles. The highest BCUT2D eigenvalue weighted by atomic mass is 32.2. The lowest BCUT2D eigenvalue weighted by Crippen LogP contribution is -2.53. The average molecular weight is 488 g/mol. The minimum Gasteiger partial charge on any atom is -0.490 e. The molecule has 0 aromatic heterocycles. The summed E-state index contributed by atoms with van der Waals surface area (Å²) in [6.07, 6.45) is 1.96. The van der Waals surface area contributed by atoms with Gasteiger partial charge in [-0.05, 0) is 36.6 Å². The van der Waals surface area contributed by atoms with E-state index >= 15 is 0 Å². The van der Waals surface area contributed by atoms with Gasteiger partial charge in [-0.15, -0.1) is 0 Å². The minimum absolute atomic E-state index is 0.0836. The third-order valence-electron chi connectivity index (χ3n) is 6.06. The molecule has 1 saturated heterocycles. The Labute approximate surface area is 199 Å². The number of sulfonamides is 1. The Morgan fingerprint density at radius 3 is 2.65 bits per heavy atom. The number of hydrogen-bond donors (Lipinski definition) is 2. The summed E-state index contributed by atoms with van der Waals surface area (Å²) in [5, 5.41) is 2.93. The van der Waals surface area contributed by atoms with E-state index in [4.69, 9.17) is 9.47 Å². The molecule has 9 nitrogen and oxygen atoms in total. The summed E-state index contributed by atoms with van der Waals surface area (Å²) in [7, 11) is -1.76. The zero-order chi connectivity index (χ0) is 24.3. The van der Waals surface area contributed by atoms with E-state index in [1.54, 1.807) is 24.1 Å². The Kier molecular flexibility index (Phi) is 7.08. The SMILES string of the molecule is CN1C(=O)c2cc(NS(C)(=O)=O)ccc2OC[C@@H]2O[C@H](CC(=O)NCc3ccccc3)CC[C@H]21. The summed E-state index contributed by atoms with van der Waals surface area (Å²) >= 11 is 0. The third-order valence-corrected chi connectivity index (χ3v) is 6.67. The summed E-state index contributed by atoms with van der Waals surface area (Å²) in [4.78, 5) is 27.3. The predicted octanol–water partition coefficient (Wildman–Crippen LogP) is 2.15. The third kappa shape index (κ3) is 5.87. The molecule has 2 heterocycles. The number of nitrogens with zero attached hydrogens (tertiary/aromatic N) is 1. The van der Waals surface area contributed by atoms with Crippen LogP contribution in [0.2, 0.25) is 0 Å². The van der Waals surface area contributed by atoms with Gasteiger partial charge >= 0.3 is 0 Å². The van der Waals surface area contributed by atoms with Crippen molar-refractivity contribution >= 4 is 27.5 Å². The van der Waals surface area contributed by atoms with E-state index in [-0.39, 0.29) is 48.7 Å². The molecule has 0 spiro atoms. The van der Waals surface area contributed by atoms with Gasteiger partial charge in [0.2, 0.25) is 15.9 Å². The Hall–Kier alpha value is -3.11. The van der Waals surface area contributed by atoms with Crippen LogP contribution in [0, 0.1) is 0 Å². The van der Waals surface area contributed by atoms with Crippen LogP contribution >= 0.6 is 0 Å². The second kappa shape index (κ2) is 10.0. The summed E-state index contributed by atoms with van der Waals surface area (Å²) < 4.78 is 37.6. The molecule has 0 saturated carbocycles. The molecule has 10 heteroatoms. The largest absolute Gasteiger partial charge is 0.490 e. The van der Waals surface area contributed by atoms with Crippen molar-refractivity contribution in [1.82, 2.24) is 10.2 Å². The number of benzene rings is 2. The number of nitrogens with one attached hydrogen (secondary N) is 2. The van der Waals surface area contributed by atoms with Gasteiger partial charge in [0.05, 0.1) is 30.4 Å². The van der Waals surface area contributed by atoms with Crippen LogP contribution in [0.3, 0.4) is 0 Å². The number of amides is 2.